The number of fused-ring (bicyclic) bond motifs is 1. The molecule has 0 aliphatic heterocycles. The summed E-state index contributed by atoms with van der Waals surface area (Å²) in [5.74, 6) is -3.16. The van der Waals surface area contributed by atoms with Crippen LogP contribution in [-0.2, 0) is 6.42 Å². The number of carbonyl (C=O) groups is 1. The molecule has 4 aromatic rings. The number of hydrogen-bond donors (Lipinski definition) is 2. The topological polar surface area (TPSA) is 49.3 Å². The monoisotopic (exact) mass is 511 g/mol. The molecule has 4 rings (SSSR count). The third kappa shape index (κ3) is 6.21. The molecule has 2 N–H and O–H groups in total. The lowest BCUT2D eigenvalue weighted by Gasteiger charge is -2.25. The van der Waals surface area contributed by atoms with Gasteiger partial charge in [-0.05, 0) is 58.8 Å². The number of halogens is 5. The van der Waals surface area contributed by atoms with Gasteiger partial charge in [-0.15, -0.1) is 0 Å². The molecular formula is C29H22F5NO2. The minimum absolute atomic E-state index is 0.0292. The number of alkyl halides is 2. The first kappa shape index (κ1) is 26.0. The van der Waals surface area contributed by atoms with Gasteiger partial charge in [0, 0.05) is 10.9 Å². The molecule has 0 fully saturated rings. The second-order valence-electron chi connectivity index (χ2n) is 8.50. The molecule has 0 saturated heterocycles. The third-order valence-electron chi connectivity index (χ3n) is 5.94. The summed E-state index contributed by atoms with van der Waals surface area (Å²) < 4.78 is 66.4. The van der Waals surface area contributed by atoms with Gasteiger partial charge in [0.25, 0.3) is 12.3 Å². The zero-order valence-corrected chi connectivity index (χ0v) is 19.3. The number of aliphatic hydroxyl groups is 1. The Bertz CT molecular complexity index is 1440. The Morgan fingerprint density at radius 1 is 0.892 bits per heavy atom. The molecule has 0 spiro atoms. The van der Waals surface area contributed by atoms with Crippen molar-refractivity contribution in [3.8, 4) is 0 Å². The van der Waals surface area contributed by atoms with Crippen molar-refractivity contribution in [3.63, 3.8) is 0 Å². The summed E-state index contributed by atoms with van der Waals surface area (Å²) in [4.78, 5) is 13.3. The number of allylic oxidation sites excluding steroid dienone is 1. The highest BCUT2D eigenvalue weighted by Crippen LogP contribution is 2.25. The van der Waals surface area contributed by atoms with Crippen LogP contribution in [0.5, 0.6) is 0 Å². The summed E-state index contributed by atoms with van der Waals surface area (Å²) in [6, 6.07) is 19.2. The van der Waals surface area contributed by atoms with E-state index in [1.54, 1.807) is 30.3 Å². The van der Waals surface area contributed by atoms with Crippen molar-refractivity contribution >= 4 is 22.8 Å². The summed E-state index contributed by atoms with van der Waals surface area (Å²) in [7, 11) is 0. The van der Waals surface area contributed by atoms with Crippen molar-refractivity contribution in [1.29, 1.82) is 0 Å². The predicted octanol–water partition coefficient (Wildman–Crippen LogP) is 6.77. The fourth-order valence-corrected chi connectivity index (χ4v) is 4.13. The van der Waals surface area contributed by atoms with E-state index >= 15 is 0 Å². The predicted molar refractivity (Wildman–Crippen MR) is 132 cm³/mol. The quantitative estimate of drug-likeness (QED) is 0.257. The van der Waals surface area contributed by atoms with E-state index in [1.807, 2.05) is 0 Å². The Labute approximate surface area is 209 Å². The Morgan fingerprint density at radius 3 is 2.30 bits per heavy atom. The van der Waals surface area contributed by atoms with Crippen LogP contribution in [0.25, 0.3) is 16.8 Å². The second-order valence-corrected chi connectivity index (χ2v) is 8.50. The first-order valence-electron chi connectivity index (χ1n) is 11.4. The number of aliphatic hydroxyl groups excluding tert-OH is 1. The van der Waals surface area contributed by atoms with E-state index in [9.17, 15) is 31.9 Å². The van der Waals surface area contributed by atoms with Gasteiger partial charge in [0.1, 0.15) is 11.6 Å². The minimum atomic E-state index is -3.25. The van der Waals surface area contributed by atoms with Crippen LogP contribution in [0.2, 0.25) is 0 Å². The maximum atomic E-state index is 14.3. The van der Waals surface area contributed by atoms with Gasteiger partial charge in [0.05, 0.1) is 12.1 Å². The molecule has 37 heavy (non-hydrogen) atoms. The average Bonchev–Trinajstić information content (AvgIpc) is 2.89. The lowest BCUT2D eigenvalue weighted by Crippen LogP contribution is -2.41. The van der Waals surface area contributed by atoms with E-state index in [1.165, 1.54) is 54.6 Å². The SMILES string of the molecule is O=C(NC(Cc1cccc(/C=C(\F)C(F)F)c1)C(O)c1ccc(F)cc1)c1ccc(F)c2ccccc12. The molecular weight excluding hydrogens is 489 g/mol. The summed E-state index contributed by atoms with van der Waals surface area (Å²) >= 11 is 0. The van der Waals surface area contributed by atoms with Gasteiger partial charge in [-0.2, -0.15) is 0 Å². The summed E-state index contributed by atoms with van der Waals surface area (Å²) in [6.45, 7) is 0. The fraction of sp³-hybridized carbons (Fsp3) is 0.138. The van der Waals surface area contributed by atoms with E-state index in [-0.39, 0.29) is 22.9 Å². The largest absolute Gasteiger partial charge is 0.386 e. The molecule has 4 aromatic carbocycles. The molecule has 2 unspecified atom stereocenters. The van der Waals surface area contributed by atoms with Gasteiger partial charge < -0.3 is 10.4 Å². The molecule has 0 aromatic heterocycles. The van der Waals surface area contributed by atoms with Crippen molar-refractivity contribution < 1.29 is 31.9 Å². The maximum absolute atomic E-state index is 14.3. The molecule has 0 saturated carbocycles. The fourth-order valence-electron chi connectivity index (χ4n) is 4.13. The molecule has 0 heterocycles. The van der Waals surface area contributed by atoms with Crippen LogP contribution in [0.15, 0.2) is 90.8 Å². The highest BCUT2D eigenvalue weighted by atomic mass is 19.3. The van der Waals surface area contributed by atoms with E-state index in [4.69, 9.17) is 0 Å². The lowest BCUT2D eigenvalue weighted by molar-refractivity contribution is 0.0833. The second kappa shape index (κ2) is 11.3. The van der Waals surface area contributed by atoms with Crippen molar-refractivity contribution in [2.45, 2.75) is 25.0 Å². The normalized spacial score (nSPS) is 13.5. The Balaban J connectivity index is 1.67. The van der Waals surface area contributed by atoms with Crippen molar-refractivity contribution in [1.82, 2.24) is 5.32 Å². The van der Waals surface area contributed by atoms with Gasteiger partial charge in [-0.3, -0.25) is 4.79 Å². The van der Waals surface area contributed by atoms with Gasteiger partial charge in [-0.1, -0.05) is 60.7 Å². The van der Waals surface area contributed by atoms with Crippen LogP contribution >= 0.6 is 0 Å². The minimum Gasteiger partial charge on any atom is -0.386 e. The van der Waals surface area contributed by atoms with E-state index in [0.29, 0.717) is 22.6 Å². The summed E-state index contributed by atoms with van der Waals surface area (Å²) in [5.41, 5.74) is 1.21. The number of hydrogen-bond acceptors (Lipinski definition) is 2. The summed E-state index contributed by atoms with van der Waals surface area (Å²) in [6.07, 6.45) is -3.79. The molecule has 0 aliphatic carbocycles. The zero-order chi connectivity index (χ0) is 26.5. The molecule has 0 bridgehead atoms. The molecule has 0 aliphatic rings. The number of nitrogens with one attached hydrogen (secondary N) is 1. The highest BCUT2D eigenvalue weighted by molar-refractivity contribution is 6.07. The number of benzene rings is 4. The number of carbonyl (C=O) groups excluding carboxylic acids is 1. The van der Waals surface area contributed by atoms with E-state index in [0.717, 1.165) is 0 Å². The average molecular weight is 511 g/mol. The van der Waals surface area contributed by atoms with Crippen molar-refractivity contribution in [2.24, 2.45) is 0 Å². The molecule has 0 radical (unpaired) electrons. The van der Waals surface area contributed by atoms with Crippen LogP contribution in [-0.4, -0.2) is 23.5 Å². The standard InChI is InChI=1S/C29H22F5NO2/c30-20-10-8-19(9-11-20)27(36)26(16-18-5-3-4-17(14-18)15-25(32)28(33)34)35-29(37)23-12-13-24(31)22-7-2-1-6-21(22)23/h1-15,26-28,36H,16H2,(H,35,37)/b25-15-. The van der Waals surface area contributed by atoms with Gasteiger partial charge >= 0.3 is 0 Å². The Morgan fingerprint density at radius 2 is 1.59 bits per heavy atom. The van der Waals surface area contributed by atoms with Gasteiger partial charge in [-0.25, -0.2) is 22.0 Å². The Kier molecular flexibility index (Phi) is 7.98. The van der Waals surface area contributed by atoms with Crippen LogP contribution in [0.3, 0.4) is 0 Å². The highest BCUT2D eigenvalue weighted by Gasteiger charge is 2.25. The van der Waals surface area contributed by atoms with E-state index < -0.39 is 41.9 Å². The van der Waals surface area contributed by atoms with Crippen molar-refractivity contribution in [2.75, 3.05) is 0 Å². The molecule has 190 valence electrons. The zero-order valence-electron chi connectivity index (χ0n) is 19.3. The van der Waals surface area contributed by atoms with Crippen LogP contribution in [0.1, 0.15) is 33.2 Å². The van der Waals surface area contributed by atoms with Crippen LogP contribution in [0.4, 0.5) is 22.0 Å². The smallest absolute Gasteiger partial charge is 0.289 e. The molecule has 3 nitrogen and oxygen atoms in total. The lowest BCUT2D eigenvalue weighted by atomic mass is 9.94. The van der Waals surface area contributed by atoms with Crippen LogP contribution in [0, 0.1) is 11.6 Å². The molecule has 8 heteroatoms. The first-order chi connectivity index (χ1) is 17.7. The Hall–Kier alpha value is -4.04. The molecule has 1 amide bonds. The molecule has 2 atom stereocenters. The maximum Gasteiger partial charge on any atom is 0.289 e. The van der Waals surface area contributed by atoms with Gasteiger partial charge in [0.15, 0.2) is 5.83 Å². The van der Waals surface area contributed by atoms with Crippen LogP contribution < -0.4 is 5.32 Å². The summed E-state index contributed by atoms with van der Waals surface area (Å²) in [5, 5.41) is 14.5. The van der Waals surface area contributed by atoms with E-state index in [2.05, 4.69) is 5.32 Å². The number of amides is 1. The van der Waals surface area contributed by atoms with Crippen molar-refractivity contribution in [3.05, 3.63) is 125 Å². The first-order valence-corrected chi connectivity index (χ1v) is 11.4. The van der Waals surface area contributed by atoms with Gasteiger partial charge in [0.2, 0.25) is 0 Å². The third-order valence-corrected chi connectivity index (χ3v) is 5.94. The number of rotatable bonds is 8.